The van der Waals surface area contributed by atoms with Gasteiger partial charge in [0.25, 0.3) is 0 Å². The minimum Gasteiger partial charge on any atom is -0.475 e. The fourth-order valence-corrected chi connectivity index (χ4v) is 4.20. The van der Waals surface area contributed by atoms with Gasteiger partial charge in [-0.3, -0.25) is 0 Å². The number of piperidine rings is 1. The molecule has 2 aliphatic rings. The second-order valence-corrected chi connectivity index (χ2v) is 9.30. The fraction of sp³-hybridized carbons (Fsp3) is 0.385. The first-order valence-corrected chi connectivity index (χ1v) is 12.0. The minimum absolute atomic E-state index is 0.342. The first-order chi connectivity index (χ1) is 18.0. The van der Waals surface area contributed by atoms with Crippen LogP contribution in [0, 0.1) is 28.9 Å². The summed E-state index contributed by atoms with van der Waals surface area (Å²) in [6.07, 6.45) is -0.396. The predicted octanol–water partition coefficient (Wildman–Crippen LogP) is 5.45. The van der Waals surface area contributed by atoms with Crippen molar-refractivity contribution in [2.45, 2.75) is 44.3 Å². The number of aliphatic carboxylic acids is 1. The molecule has 38 heavy (non-hydrogen) atoms. The van der Waals surface area contributed by atoms with Gasteiger partial charge < -0.3 is 15.3 Å². The zero-order valence-electron chi connectivity index (χ0n) is 20.1. The van der Waals surface area contributed by atoms with Crippen molar-refractivity contribution in [1.82, 2.24) is 9.97 Å². The van der Waals surface area contributed by atoms with E-state index in [9.17, 15) is 27.2 Å². The van der Waals surface area contributed by atoms with Crippen LogP contribution in [0.5, 0.6) is 0 Å². The van der Waals surface area contributed by atoms with E-state index in [1.54, 1.807) is 18.2 Å². The van der Waals surface area contributed by atoms with Crippen LogP contribution in [-0.4, -0.2) is 46.4 Å². The lowest BCUT2D eigenvalue weighted by molar-refractivity contribution is -0.192. The molecular formula is C26H24F5N5O2. The van der Waals surface area contributed by atoms with Gasteiger partial charge in [0.05, 0.1) is 22.7 Å². The maximum absolute atomic E-state index is 14.0. The molecule has 1 saturated carbocycles. The van der Waals surface area contributed by atoms with Gasteiger partial charge in [0.2, 0.25) is 0 Å². The number of hydrogen-bond donors (Lipinski definition) is 2. The molecule has 0 spiro atoms. The number of hydrogen-bond acceptors (Lipinski definition) is 6. The van der Waals surface area contributed by atoms with E-state index < -0.39 is 23.8 Å². The molecule has 2 fully saturated rings. The molecule has 3 aromatic rings. The van der Waals surface area contributed by atoms with Gasteiger partial charge in [0.1, 0.15) is 11.6 Å². The zero-order valence-corrected chi connectivity index (χ0v) is 20.1. The third-order valence-electron chi connectivity index (χ3n) is 6.37. The number of halogens is 5. The Morgan fingerprint density at radius 1 is 1.05 bits per heavy atom. The van der Waals surface area contributed by atoms with Gasteiger partial charge in [-0.2, -0.15) is 18.4 Å². The first-order valence-electron chi connectivity index (χ1n) is 12.0. The molecule has 0 bridgehead atoms. The zero-order chi connectivity index (χ0) is 27.4. The van der Waals surface area contributed by atoms with E-state index in [1.807, 2.05) is 6.07 Å². The average Bonchev–Trinajstić information content (AvgIpc) is 3.69. The normalized spacial score (nSPS) is 15.9. The van der Waals surface area contributed by atoms with Crippen molar-refractivity contribution in [3.8, 4) is 6.07 Å². The number of alkyl halides is 3. The van der Waals surface area contributed by atoms with Crippen LogP contribution < -0.4 is 10.2 Å². The number of nitrogens with zero attached hydrogens (tertiary/aromatic N) is 4. The highest BCUT2D eigenvalue weighted by molar-refractivity contribution is 5.82. The molecule has 1 aromatic heterocycles. The van der Waals surface area contributed by atoms with Gasteiger partial charge in [-0.15, -0.1) is 0 Å². The van der Waals surface area contributed by atoms with Crippen molar-refractivity contribution in [2.24, 2.45) is 5.92 Å². The number of nitrogens with one attached hydrogen (secondary N) is 1. The number of aromatic nitrogens is 2. The molecule has 7 nitrogen and oxygen atoms in total. The monoisotopic (exact) mass is 533 g/mol. The van der Waals surface area contributed by atoms with Crippen molar-refractivity contribution in [3.63, 3.8) is 0 Å². The van der Waals surface area contributed by atoms with E-state index in [4.69, 9.17) is 19.9 Å². The number of benzene rings is 2. The molecule has 0 unspecified atom stereocenters. The van der Waals surface area contributed by atoms with Crippen LogP contribution in [0.4, 0.5) is 33.6 Å². The van der Waals surface area contributed by atoms with Gasteiger partial charge in [0, 0.05) is 25.2 Å². The quantitative estimate of drug-likeness (QED) is 0.421. The van der Waals surface area contributed by atoms with Gasteiger partial charge in [-0.25, -0.2) is 23.5 Å². The Morgan fingerprint density at radius 3 is 2.32 bits per heavy atom. The Hall–Kier alpha value is -4.01. The van der Waals surface area contributed by atoms with Crippen molar-refractivity contribution in [1.29, 1.82) is 5.26 Å². The SMILES string of the molecule is N#Cc1ccc2nc(NC3CC3)c(N3CCC(Cc4ccc(F)cc4F)CC3)nc2c1.O=C(O)C(F)(F)F. The maximum Gasteiger partial charge on any atom is 0.490 e. The number of carboxylic acids is 1. The molecule has 5 rings (SSSR count). The van der Waals surface area contributed by atoms with Crippen LogP contribution in [0.1, 0.15) is 36.8 Å². The molecule has 2 N–H and O–H groups in total. The summed E-state index contributed by atoms with van der Waals surface area (Å²) in [6.45, 7) is 1.59. The van der Waals surface area contributed by atoms with Crippen LogP contribution in [0.15, 0.2) is 36.4 Å². The average molecular weight is 534 g/mol. The molecule has 12 heteroatoms. The van der Waals surface area contributed by atoms with Crippen LogP contribution in [0.3, 0.4) is 0 Å². The van der Waals surface area contributed by atoms with E-state index in [0.717, 1.165) is 62.0 Å². The summed E-state index contributed by atoms with van der Waals surface area (Å²) in [5, 5.41) is 19.8. The Bertz CT molecular complexity index is 1360. The molecule has 200 valence electrons. The smallest absolute Gasteiger partial charge is 0.475 e. The summed E-state index contributed by atoms with van der Waals surface area (Å²) >= 11 is 0. The lowest BCUT2D eigenvalue weighted by atomic mass is 9.90. The Kier molecular flexibility index (Phi) is 7.94. The van der Waals surface area contributed by atoms with Gasteiger partial charge in [0.15, 0.2) is 11.6 Å². The van der Waals surface area contributed by atoms with Gasteiger partial charge in [-0.1, -0.05) is 6.07 Å². The highest BCUT2D eigenvalue weighted by Crippen LogP contribution is 2.33. The number of fused-ring (bicyclic) bond motifs is 1. The van der Waals surface area contributed by atoms with Gasteiger partial charge in [-0.05, 0) is 67.9 Å². The van der Waals surface area contributed by atoms with Crippen molar-refractivity contribution in [2.75, 3.05) is 23.3 Å². The van der Waals surface area contributed by atoms with Crippen molar-refractivity contribution in [3.05, 3.63) is 59.2 Å². The number of rotatable bonds is 5. The second kappa shape index (κ2) is 11.2. The van der Waals surface area contributed by atoms with Crippen LogP contribution in [-0.2, 0) is 11.2 Å². The van der Waals surface area contributed by atoms with Crippen LogP contribution in [0.25, 0.3) is 11.0 Å². The maximum atomic E-state index is 14.0. The van der Waals surface area contributed by atoms with E-state index in [-0.39, 0.29) is 0 Å². The molecule has 0 atom stereocenters. The molecule has 2 aromatic carbocycles. The van der Waals surface area contributed by atoms with Crippen molar-refractivity contribution >= 4 is 28.6 Å². The number of nitriles is 1. The summed E-state index contributed by atoms with van der Waals surface area (Å²) in [7, 11) is 0. The number of carboxylic acid groups (broad SMARTS) is 1. The third-order valence-corrected chi connectivity index (χ3v) is 6.37. The molecule has 1 aliphatic heterocycles. The van der Waals surface area contributed by atoms with Crippen molar-refractivity contribution < 1.29 is 31.9 Å². The fourth-order valence-electron chi connectivity index (χ4n) is 4.20. The summed E-state index contributed by atoms with van der Waals surface area (Å²) in [5.41, 5.74) is 2.62. The van der Waals surface area contributed by atoms with E-state index in [1.165, 1.54) is 6.07 Å². The molecule has 2 heterocycles. The van der Waals surface area contributed by atoms with Crippen LogP contribution >= 0.6 is 0 Å². The topological polar surface area (TPSA) is 102 Å². The third kappa shape index (κ3) is 6.85. The van der Waals surface area contributed by atoms with E-state index in [2.05, 4.69) is 16.3 Å². The largest absolute Gasteiger partial charge is 0.490 e. The summed E-state index contributed by atoms with van der Waals surface area (Å²) < 4.78 is 58.9. The molecular weight excluding hydrogens is 509 g/mol. The minimum atomic E-state index is -5.08. The van der Waals surface area contributed by atoms with E-state index >= 15 is 0 Å². The van der Waals surface area contributed by atoms with Gasteiger partial charge >= 0.3 is 12.1 Å². The summed E-state index contributed by atoms with van der Waals surface area (Å²) in [4.78, 5) is 20.8. The predicted molar refractivity (Wildman–Crippen MR) is 130 cm³/mol. The Morgan fingerprint density at radius 2 is 1.74 bits per heavy atom. The second-order valence-electron chi connectivity index (χ2n) is 9.30. The highest BCUT2D eigenvalue weighted by atomic mass is 19.4. The van der Waals surface area contributed by atoms with Crippen LogP contribution in [0.2, 0.25) is 0 Å². The Balaban J connectivity index is 0.000000426. The Labute approximate surface area is 214 Å². The number of anilines is 2. The lowest BCUT2D eigenvalue weighted by Gasteiger charge is -2.34. The lowest BCUT2D eigenvalue weighted by Crippen LogP contribution is -2.35. The first kappa shape index (κ1) is 27.0. The number of carbonyl (C=O) groups is 1. The molecule has 1 aliphatic carbocycles. The summed E-state index contributed by atoms with van der Waals surface area (Å²) in [5.74, 6) is -1.81. The molecule has 0 amide bonds. The van der Waals surface area contributed by atoms with E-state index in [0.29, 0.717) is 35.0 Å². The molecule has 0 radical (unpaired) electrons. The highest BCUT2D eigenvalue weighted by Gasteiger charge is 2.38. The molecule has 1 saturated heterocycles. The summed E-state index contributed by atoms with van der Waals surface area (Å²) in [6, 6.07) is 11.8. The standard InChI is InChI=1S/C24H23F2N5.C2HF3O2/c25-18-3-2-17(20(26)13-18)11-15-7-9-31(10-8-15)24-23(28-19-4-5-19)29-21-6-1-16(14-27)12-22(21)30-24;3-2(4,5)1(6)7/h1-3,6,12-13,15,19H,4-5,7-11H2,(H,28,29);(H,6,7).